The number of ether oxygens (including phenoxy) is 2. The Kier molecular flexibility index (Phi) is 6.89. The van der Waals surface area contributed by atoms with Crippen LogP contribution in [0.15, 0.2) is 36.9 Å². The Labute approximate surface area is 114 Å². The summed E-state index contributed by atoms with van der Waals surface area (Å²) in [4.78, 5) is 10.8. The highest BCUT2D eigenvalue weighted by molar-refractivity contribution is 5.81. The largest absolute Gasteiger partial charge is 0.494 e. The van der Waals surface area contributed by atoms with E-state index in [4.69, 9.17) is 9.47 Å². The molecule has 0 heterocycles. The van der Waals surface area contributed by atoms with E-state index in [9.17, 15) is 4.79 Å². The van der Waals surface area contributed by atoms with E-state index in [1.54, 1.807) is 0 Å². The normalized spacial score (nSPS) is 9.11. The average Bonchev–Trinajstić information content (AvgIpc) is 2.44. The van der Waals surface area contributed by atoms with Gasteiger partial charge < -0.3 is 9.47 Å². The second kappa shape index (κ2) is 8.82. The second-order valence-electron chi connectivity index (χ2n) is 3.83. The maximum Gasteiger partial charge on any atom is 0.330 e. The SMILES string of the molecule is C=CC(=O)OCCCCOc1ccc(C#CC)cc1. The lowest BCUT2D eigenvalue weighted by Gasteiger charge is -2.06. The molecule has 0 aliphatic carbocycles. The summed E-state index contributed by atoms with van der Waals surface area (Å²) in [5, 5.41) is 0. The number of benzene rings is 1. The van der Waals surface area contributed by atoms with Crippen molar-refractivity contribution in [1.82, 2.24) is 0 Å². The average molecular weight is 258 g/mol. The highest BCUT2D eigenvalue weighted by Crippen LogP contribution is 2.12. The van der Waals surface area contributed by atoms with Gasteiger partial charge in [-0.1, -0.05) is 12.5 Å². The molecule has 0 N–H and O–H groups in total. The molecule has 3 heteroatoms. The zero-order valence-corrected chi connectivity index (χ0v) is 11.1. The maximum absolute atomic E-state index is 10.8. The Morgan fingerprint density at radius 2 is 1.95 bits per heavy atom. The van der Waals surface area contributed by atoms with Crippen molar-refractivity contribution in [3.8, 4) is 17.6 Å². The van der Waals surface area contributed by atoms with Gasteiger partial charge in [-0.15, -0.1) is 5.92 Å². The van der Waals surface area contributed by atoms with Gasteiger partial charge in [0.25, 0.3) is 0 Å². The topological polar surface area (TPSA) is 35.5 Å². The Morgan fingerprint density at radius 1 is 1.26 bits per heavy atom. The van der Waals surface area contributed by atoms with Crippen LogP contribution in [0, 0.1) is 11.8 Å². The number of esters is 1. The van der Waals surface area contributed by atoms with Crippen molar-refractivity contribution in [3.63, 3.8) is 0 Å². The lowest BCUT2D eigenvalue weighted by Crippen LogP contribution is -2.04. The van der Waals surface area contributed by atoms with Crippen LogP contribution in [0.1, 0.15) is 25.3 Å². The van der Waals surface area contributed by atoms with Crippen LogP contribution in [0.3, 0.4) is 0 Å². The first-order valence-corrected chi connectivity index (χ1v) is 6.21. The monoisotopic (exact) mass is 258 g/mol. The van der Waals surface area contributed by atoms with Gasteiger partial charge in [0.1, 0.15) is 5.75 Å². The molecule has 0 saturated carbocycles. The predicted molar refractivity (Wildman–Crippen MR) is 74.9 cm³/mol. The van der Waals surface area contributed by atoms with E-state index in [-0.39, 0.29) is 5.97 Å². The fourth-order valence-corrected chi connectivity index (χ4v) is 1.40. The Morgan fingerprint density at radius 3 is 2.58 bits per heavy atom. The number of hydrogen-bond donors (Lipinski definition) is 0. The van der Waals surface area contributed by atoms with Crippen molar-refractivity contribution in [2.45, 2.75) is 19.8 Å². The van der Waals surface area contributed by atoms with Crippen molar-refractivity contribution >= 4 is 5.97 Å². The van der Waals surface area contributed by atoms with Crippen molar-refractivity contribution in [1.29, 1.82) is 0 Å². The summed E-state index contributed by atoms with van der Waals surface area (Å²) in [6.45, 7) is 6.14. The molecule has 0 radical (unpaired) electrons. The van der Waals surface area contributed by atoms with Crippen LogP contribution in [0.5, 0.6) is 5.75 Å². The second-order valence-corrected chi connectivity index (χ2v) is 3.83. The summed E-state index contributed by atoms with van der Waals surface area (Å²) in [7, 11) is 0. The van der Waals surface area contributed by atoms with Crippen LogP contribution < -0.4 is 4.74 Å². The number of carbonyl (C=O) groups is 1. The molecule has 0 aromatic heterocycles. The van der Waals surface area contributed by atoms with Gasteiger partial charge in [-0.3, -0.25) is 0 Å². The Bertz CT molecular complexity index is 463. The Balaban J connectivity index is 2.16. The molecule has 0 bridgehead atoms. The molecule has 100 valence electrons. The Hall–Kier alpha value is -2.21. The predicted octanol–water partition coefficient (Wildman–Crippen LogP) is 2.95. The molecular weight excluding hydrogens is 240 g/mol. The molecule has 0 saturated heterocycles. The van der Waals surface area contributed by atoms with E-state index in [2.05, 4.69) is 18.4 Å². The summed E-state index contributed by atoms with van der Waals surface area (Å²) < 4.78 is 10.4. The van der Waals surface area contributed by atoms with Crippen LogP contribution in [0.25, 0.3) is 0 Å². The number of carbonyl (C=O) groups excluding carboxylic acids is 1. The van der Waals surface area contributed by atoms with E-state index in [0.717, 1.165) is 30.2 Å². The molecule has 1 rings (SSSR count). The summed E-state index contributed by atoms with van der Waals surface area (Å²) in [6, 6.07) is 7.66. The molecule has 1 aromatic carbocycles. The first-order valence-electron chi connectivity index (χ1n) is 6.21. The van der Waals surface area contributed by atoms with Crippen LogP contribution in [0.4, 0.5) is 0 Å². The van der Waals surface area contributed by atoms with E-state index in [1.165, 1.54) is 0 Å². The molecule has 0 unspecified atom stereocenters. The summed E-state index contributed by atoms with van der Waals surface area (Å²) in [5.74, 6) is 6.26. The minimum atomic E-state index is -0.381. The number of rotatable bonds is 7. The van der Waals surface area contributed by atoms with Crippen LogP contribution in [-0.2, 0) is 9.53 Å². The third-order valence-corrected chi connectivity index (χ3v) is 2.34. The van der Waals surface area contributed by atoms with Gasteiger partial charge in [-0.2, -0.15) is 0 Å². The zero-order valence-electron chi connectivity index (χ0n) is 11.1. The van der Waals surface area contributed by atoms with Crippen molar-refractivity contribution < 1.29 is 14.3 Å². The minimum absolute atomic E-state index is 0.381. The van der Waals surface area contributed by atoms with Gasteiger partial charge in [0.15, 0.2) is 0 Å². The van der Waals surface area contributed by atoms with E-state index < -0.39 is 0 Å². The first-order chi connectivity index (χ1) is 9.26. The molecule has 3 nitrogen and oxygen atoms in total. The number of unbranched alkanes of at least 4 members (excludes halogenated alkanes) is 1. The third-order valence-electron chi connectivity index (χ3n) is 2.34. The quantitative estimate of drug-likeness (QED) is 0.326. The van der Waals surface area contributed by atoms with Gasteiger partial charge in [0, 0.05) is 11.6 Å². The molecule has 0 aliphatic heterocycles. The molecule has 0 aliphatic rings. The van der Waals surface area contributed by atoms with Crippen molar-refractivity contribution in [3.05, 3.63) is 42.5 Å². The maximum atomic E-state index is 10.8. The van der Waals surface area contributed by atoms with Gasteiger partial charge in [-0.05, 0) is 44.0 Å². The fourth-order valence-electron chi connectivity index (χ4n) is 1.40. The molecule has 0 spiro atoms. The summed E-state index contributed by atoms with van der Waals surface area (Å²) >= 11 is 0. The summed E-state index contributed by atoms with van der Waals surface area (Å²) in [5.41, 5.74) is 0.978. The van der Waals surface area contributed by atoms with Gasteiger partial charge in [-0.25, -0.2) is 4.79 Å². The van der Waals surface area contributed by atoms with Gasteiger partial charge >= 0.3 is 5.97 Å². The van der Waals surface area contributed by atoms with E-state index in [0.29, 0.717) is 13.2 Å². The standard InChI is InChI=1S/C16H18O3/c1-3-7-14-8-10-15(11-9-14)18-12-5-6-13-19-16(17)4-2/h4,8-11H,2,5-6,12-13H2,1H3. The van der Waals surface area contributed by atoms with Gasteiger partial charge in [0.05, 0.1) is 13.2 Å². The fraction of sp³-hybridized carbons (Fsp3) is 0.312. The molecule has 0 fully saturated rings. The smallest absolute Gasteiger partial charge is 0.330 e. The van der Waals surface area contributed by atoms with Gasteiger partial charge in [0.2, 0.25) is 0 Å². The highest BCUT2D eigenvalue weighted by atomic mass is 16.5. The van der Waals surface area contributed by atoms with Crippen molar-refractivity contribution in [2.24, 2.45) is 0 Å². The zero-order chi connectivity index (χ0) is 13.9. The van der Waals surface area contributed by atoms with E-state index >= 15 is 0 Å². The van der Waals surface area contributed by atoms with Crippen LogP contribution >= 0.6 is 0 Å². The van der Waals surface area contributed by atoms with Crippen molar-refractivity contribution in [2.75, 3.05) is 13.2 Å². The lowest BCUT2D eigenvalue weighted by atomic mass is 10.2. The molecule has 1 aromatic rings. The first kappa shape index (κ1) is 14.8. The molecular formula is C16H18O3. The molecule has 0 amide bonds. The minimum Gasteiger partial charge on any atom is -0.494 e. The van der Waals surface area contributed by atoms with Crippen LogP contribution in [-0.4, -0.2) is 19.2 Å². The molecule has 19 heavy (non-hydrogen) atoms. The highest BCUT2D eigenvalue weighted by Gasteiger charge is 1.97. The lowest BCUT2D eigenvalue weighted by molar-refractivity contribution is -0.137. The molecule has 0 atom stereocenters. The summed E-state index contributed by atoms with van der Waals surface area (Å²) in [6.07, 6.45) is 2.77. The van der Waals surface area contributed by atoms with Crippen LogP contribution in [0.2, 0.25) is 0 Å². The van der Waals surface area contributed by atoms with E-state index in [1.807, 2.05) is 31.2 Å². The third kappa shape index (κ3) is 6.32. The number of hydrogen-bond acceptors (Lipinski definition) is 3.